The first-order chi connectivity index (χ1) is 8.18. The van der Waals surface area contributed by atoms with Crippen LogP contribution in [0, 0.1) is 13.8 Å². The average molecular weight is 227 g/mol. The average Bonchev–Trinajstić information content (AvgIpc) is 2.32. The van der Waals surface area contributed by atoms with Crippen LogP contribution in [0.3, 0.4) is 0 Å². The lowest BCUT2D eigenvalue weighted by molar-refractivity contribution is 0.809. The third-order valence-corrected chi connectivity index (χ3v) is 2.85. The van der Waals surface area contributed by atoms with Crippen LogP contribution in [0.4, 0.5) is 5.69 Å². The summed E-state index contributed by atoms with van der Waals surface area (Å²) in [4.78, 5) is 8.64. The van der Waals surface area contributed by atoms with Crippen molar-refractivity contribution in [1.29, 1.82) is 0 Å². The van der Waals surface area contributed by atoms with Crippen molar-refractivity contribution in [3.63, 3.8) is 0 Å². The number of aromatic nitrogens is 2. The molecule has 3 heteroatoms. The van der Waals surface area contributed by atoms with Crippen LogP contribution in [-0.2, 0) is 0 Å². The lowest BCUT2D eigenvalue weighted by Crippen LogP contribution is -2.11. The summed E-state index contributed by atoms with van der Waals surface area (Å²) in [6.07, 6.45) is 3.46. The Morgan fingerprint density at radius 1 is 1.06 bits per heavy atom. The smallest absolute Gasteiger partial charge is 0.0835 e. The predicted octanol–water partition coefficient (Wildman–Crippen LogP) is 3.27. The first-order valence-corrected chi connectivity index (χ1v) is 5.78. The van der Waals surface area contributed by atoms with Crippen molar-refractivity contribution in [3.05, 3.63) is 53.6 Å². The van der Waals surface area contributed by atoms with E-state index in [9.17, 15) is 0 Å². The molecule has 0 aliphatic carbocycles. The van der Waals surface area contributed by atoms with E-state index in [-0.39, 0.29) is 6.04 Å². The molecule has 3 nitrogen and oxygen atoms in total. The second-order valence-corrected chi connectivity index (χ2v) is 4.21. The minimum absolute atomic E-state index is 0.157. The fraction of sp³-hybridized carbons (Fsp3) is 0.286. The molecule has 0 aliphatic rings. The molecule has 0 fully saturated rings. The first-order valence-electron chi connectivity index (χ1n) is 5.78. The van der Waals surface area contributed by atoms with E-state index in [1.54, 1.807) is 12.4 Å². The molecule has 0 saturated heterocycles. The summed E-state index contributed by atoms with van der Waals surface area (Å²) in [6, 6.07) is 8.41. The van der Waals surface area contributed by atoms with Gasteiger partial charge in [-0.3, -0.25) is 9.97 Å². The molecule has 1 heterocycles. The SMILES string of the molecule is Cc1ccccc1NC(C)c1nccnc1C. The maximum absolute atomic E-state index is 4.38. The van der Waals surface area contributed by atoms with E-state index in [0.717, 1.165) is 17.1 Å². The van der Waals surface area contributed by atoms with Gasteiger partial charge < -0.3 is 5.32 Å². The van der Waals surface area contributed by atoms with Gasteiger partial charge >= 0.3 is 0 Å². The monoisotopic (exact) mass is 227 g/mol. The van der Waals surface area contributed by atoms with E-state index in [4.69, 9.17) is 0 Å². The van der Waals surface area contributed by atoms with Crippen molar-refractivity contribution in [2.75, 3.05) is 5.32 Å². The number of rotatable bonds is 3. The Morgan fingerprint density at radius 2 is 1.76 bits per heavy atom. The number of benzene rings is 1. The summed E-state index contributed by atoms with van der Waals surface area (Å²) < 4.78 is 0. The molecule has 0 amide bonds. The van der Waals surface area contributed by atoms with Crippen molar-refractivity contribution in [2.24, 2.45) is 0 Å². The summed E-state index contributed by atoms with van der Waals surface area (Å²) in [6.45, 7) is 6.18. The molecular weight excluding hydrogens is 210 g/mol. The summed E-state index contributed by atoms with van der Waals surface area (Å²) in [5.74, 6) is 0. The van der Waals surface area contributed by atoms with Gasteiger partial charge in [0.25, 0.3) is 0 Å². The van der Waals surface area contributed by atoms with Crippen LogP contribution in [0.5, 0.6) is 0 Å². The van der Waals surface area contributed by atoms with Gasteiger partial charge in [0.05, 0.1) is 17.4 Å². The van der Waals surface area contributed by atoms with Gasteiger partial charge in [0.15, 0.2) is 0 Å². The Balaban J connectivity index is 2.20. The van der Waals surface area contributed by atoms with E-state index < -0.39 is 0 Å². The zero-order valence-electron chi connectivity index (χ0n) is 10.4. The Hall–Kier alpha value is -1.90. The molecule has 0 bridgehead atoms. The van der Waals surface area contributed by atoms with Crippen LogP contribution in [0.25, 0.3) is 0 Å². The molecule has 0 spiro atoms. The highest BCUT2D eigenvalue weighted by atomic mass is 15.0. The van der Waals surface area contributed by atoms with Crippen LogP contribution >= 0.6 is 0 Å². The van der Waals surface area contributed by atoms with Gasteiger partial charge in [0.1, 0.15) is 0 Å². The molecular formula is C14H17N3. The summed E-state index contributed by atoms with van der Waals surface area (Å²) in [5.41, 5.74) is 4.35. The minimum atomic E-state index is 0.157. The largest absolute Gasteiger partial charge is 0.377 e. The molecule has 2 rings (SSSR count). The molecule has 0 aliphatic heterocycles. The number of aryl methyl sites for hydroxylation is 2. The first kappa shape index (κ1) is 11.6. The Kier molecular flexibility index (Phi) is 3.38. The van der Waals surface area contributed by atoms with Gasteiger partial charge in [-0.05, 0) is 32.4 Å². The van der Waals surface area contributed by atoms with Crippen LogP contribution in [0.15, 0.2) is 36.7 Å². The Labute approximate surface area is 102 Å². The Morgan fingerprint density at radius 3 is 2.47 bits per heavy atom. The lowest BCUT2D eigenvalue weighted by atomic mass is 10.1. The Bertz CT molecular complexity index is 508. The highest BCUT2D eigenvalue weighted by molar-refractivity contribution is 5.51. The van der Waals surface area contributed by atoms with Crippen molar-refractivity contribution >= 4 is 5.69 Å². The molecule has 1 N–H and O–H groups in total. The third-order valence-electron chi connectivity index (χ3n) is 2.85. The number of hydrogen-bond acceptors (Lipinski definition) is 3. The number of hydrogen-bond donors (Lipinski definition) is 1. The predicted molar refractivity (Wildman–Crippen MR) is 70.0 cm³/mol. The highest BCUT2D eigenvalue weighted by Gasteiger charge is 2.10. The van der Waals surface area contributed by atoms with E-state index in [2.05, 4.69) is 41.3 Å². The van der Waals surface area contributed by atoms with Crippen LogP contribution in [-0.4, -0.2) is 9.97 Å². The zero-order valence-corrected chi connectivity index (χ0v) is 10.4. The summed E-state index contributed by atoms with van der Waals surface area (Å²) in [5, 5.41) is 3.46. The maximum Gasteiger partial charge on any atom is 0.0835 e. The fourth-order valence-corrected chi connectivity index (χ4v) is 1.88. The lowest BCUT2D eigenvalue weighted by Gasteiger charge is -2.17. The standard InChI is InChI=1S/C14H17N3/c1-10-6-4-5-7-13(10)17-12(3)14-11(2)15-8-9-16-14/h4-9,12,17H,1-3H3. The molecule has 0 saturated carbocycles. The van der Waals surface area contributed by atoms with Gasteiger partial charge in [-0.2, -0.15) is 0 Å². The molecule has 1 aromatic heterocycles. The minimum Gasteiger partial charge on any atom is -0.377 e. The number of anilines is 1. The maximum atomic E-state index is 4.38. The quantitative estimate of drug-likeness (QED) is 0.874. The van der Waals surface area contributed by atoms with Crippen LogP contribution in [0.1, 0.15) is 29.9 Å². The molecule has 1 unspecified atom stereocenters. The second kappa shape index (κ2) is 4.95. The van der Waals surface area contributed by atoms with Gasteiger partial charge in [-0.15, -0.1) is 0 Å². The van der Waals surface area contributed by atoms with Gasteiger partial charge in [0.2, 0.25) is 0 Å². The van der Waals surface area contributed by atoms with Crippen molar-refractivity contribution in [1.82, 2.24) is 9.97 Å². The normalized spacial score (nSPS) is 12.2. The summed E-state index contributed by atoms with van der Waals surface area (Å²) >= 11 is 0. The number of para-hydroxylation sites is 1. The van der Waals surface area contributed by atoms with Crippen LogP contribution < -0.4 is 5.32 Å². The third kappa shape index (κ3) is 2.61. The second-order valence-electron chi connectivity index (χ2n) is 4.21. The van der Waals surface area contributed by atoms with E-state index >= 15 is 0 Å². The zero-order chi connectivity index (χ0) is 12.3. The van der Waals surface area contributed by atoms with E-state index in [1.807, 2.05) is 19.1 Å². The molecule has 2 aromatic rings. The molecule has 1 atom stereocenters. The summed E-state index contributed by atoms with van der Waals surface area (Å²) in [7, 11) is 0. The van der Waals surface area contributed by atoms with Crippen molar-refractivity contribution in [3.8, 4) is 0 Å². The molecule has 1 aromatic carbocycles. The van der Waals surface area contributed by atoms with E-state index in [0.29, 0.717) is 0 Å². The van der Waals surface area contributed by atoms with Gasteiger partial charge in [-0.25, -0.2) is 0 Å². The van der Waals surface area contributed by atoms with Crippen molar-refractivity contribution < 1.29 is 0 Å². The molecule has 17 heavy (non-hydrogen) atoms. The van der Waals surface area contributed by atoms with E-state index in [1.165, 1.54) is 5.56 Å². The number of nitrogens with one attached hydrogen (secondary N) is 1. The van der Waals surface area contributed by atoms with Gasteiger partial charge in [0, 0.05) is 18.1 Å². The number of nitrogens with zero attached hydrogens (tertiary/aromatic N) is 2. The van der Waals surface area contributed by atoms with Crippen molar-refractivity contribution in [2.45, 2.75) is 26.8 Å². The van der Waals surface area contributed by atoms with Crippen LogP contribution in [0.2, 0.25) is 0 Å². The fourth-order valence-electron chi connectivity index (χ4n) is 1.88. The topological polar surface area (TPSA) is 37.8 Å². The highest BCUT2D eigenvalue weighted by Crippen LogP contribution is 2.21. The molecule has 88 valence electrons. The molecule has 0 radical (unpaired) electrons. The van der Waals surface area contributed by atoms with Gasteiger partial charge in [-0.1, -0.05) is 18.2 Å².